The number of hydrogen-bond acceptors (Lipinski definition) is 19. The topological polar surface area (TPSA) is 278 Å². The third kappa shape index (κ3) is 26.4. The number of amides is 5. The molecule has 0 radical (unpaired) electrons. The summed E-state index contributed by atoms with van der Waals surface area (Å²) in [5.74, 6) is -3.41. The average Bonchev–Trinajstić information content (AvgIpc) is 4.07. The van der Waals surface area contributed by atoms with Crippen LogP contribution in [0.15, 0.2) is 0 Å². The number of imide groups is 1. The van der Waals surface area contributed by atoms with Gasteiger partial charge in [-0.25, -0.2) is 43.3 Å². The molecule has 439 valence electrons. The van der Waals surface area contributed by atoms with Crippen LogP contribution in [-0.4, -0.2) is 177 Å². The number of hydrogen-bond donors (Lipinski definition) is 2. The Morgan fingerprint density at radius 2 is 0.827 bits per heavy atom. The second kappa shape index (κ2) is 33.6. The Kier molecular flexibility index (Phi) is 33.4. The van der Waals surface area contributed by atoms with E-state index in [1.807, 2.05) is 13.8 Å². The number of nitrogens with zero attached hydrogens (tertiary/aromatic N) is 4. The summed E-state index contributed by atoms with van der Waals surface area (Å²) in [6.07, 6.45) is 2.21. The standard InChI is InChI=1S/C13H21NO6.C12H21NO4.C11H17NO5.C11H19NO4.CH4S.CH3.BrH.Cu/c1-8(15)19-10-7-6-9(11(16)18-5)14(10)12(17)20-13(2,3)4;1-8-6-7-9(10(14)16-5)13(8)11(15)17-12(2,3)4;1-11(2,3)17-10(15)12-7(9(14)16-4)5-6-8(12)13;1-7-5-6-8(9(13)14)12(7)10(15)16-11(2,3)4;1-2;;;/h9-10H,6-7H2,1-5H3;8-9H,6-7H2,1-5H3;7H,5-6H2,1-4H3;7-8H,5-6H2,1-4H3,(H,13,14);2H,1H3;1H3;1H;/q;;;;;-1;;+2/p-1/t9-,10?;8?,9-;7-;7?,8-;;;;/m0000..../s1. The third-order valence-electron chi connectivity index (χ3n) is 10.3. The van der Waals surface area contributed by atoms with Gasteiger partial charge in [-0.3, -0.25) is 24.3 Å². The van der Waals surface area contributed by atoms with Crippen molar-refractivity contribution in [2.75, 3.05) is 27.6 Å². The number of aliphatic carboxylic acids is 1. The minimum absolute atomic E-state index is 0. The number of carboxylic acids is 1. The van der Waals surface area contributed by atoms with E-state index >= 15 is 0 Å². The van der Waals surface area contributed by atoms with E-state index in [2.05, 4.69) is 50.4 Å². The summed E-state index contributed by atoms with van der Waals surface area (Å²) in [5, 5.41) is 9.00. The second-order valence-corrected chi connectivity index (χ2v) is 20.9. The van der Waals surface area contributed by atoms with Gasteiger partial charge in [-0.1, -0.05) is 0 Å². The maximum absolute atomic E-state index is 12.2. The van der Waals surface area contributed by atoms with E-state index in [0.717, 1.165) is 16.2 Å². The van der Waals surface area contributed by atoms with Gasteiger partial charge in [0.1, 0.15) is 46.6 Å². The number of esters is 4. The van der Waals surface area contributed by atoms with Crippen molar-refractivity contribution in [2.24, 2.45) is 0 Å². The number of halogens is 1. The monoisotopic (exact) mass is 1210 g/mol. The molecular weight excluding hydrogens is 1120 g/mol. The van der Waals surface area contributed by atoms with Crippen LogP contribution in [0.1, 0.15) is 155 Å². The summed E-state index contributed by atoms with van der Waals surface area (Å²) < 4.78 is 39.8. The second-order valence-electron chi connectivity index (χ2n) is 20.9. The van der Waals surface area contributed by atoms with Gasteiger partial charge >= 0.3 is 82.5 Å². The fraction of sp³-hybridized carbons (Fsp3) is 0.776. The third-order valence-corrected chi connectivity index (χ3v) is 10.3. The quantitative estimate of drug-likeness (QED) is 0.0863. The number of carbonyl (C=O) groups excluding carboxylic acids is 9. The van der Waals surface area contributed by atoms with Gasteiger partial charge in [0.2, 0.25) is 5.91 Å². The van der Waals surface area contributed by atoms with Crippen molar-refractivity contribution < 1.29 is 105 Å². The average molecular weight is 1210 g/mol. The van der Waals surface area contributed by atoms with E-state index in [1.54, 1.807) is 89.3 Å². The number of likely N-dealkylation sites (tertiary alicyclic amines) is 4. The molecule has 4 heterocycles. The minimum atomic E-state index is -0.963. The van der Waals surface area contributed by atoms with Crippen molar-refractivity contribution in [3.05, 3.63) is 7.43 Å². The zero-order valence-electron chi connectivity index (χ0n) is 47.4. The van der Waals surface area contributed by atoms with Crippen LogP contribution in [0.3, 0.4) is 0 Å². The molecule has 3 unspecified atom stereocenters. The Bertz CT molecular complexity index is 1900. The van der Waals surface area contributed by atoms with E-state index in [0.29, 0.717) is 32.1 Å². The summed E-state index contributed by atoms with van der Waals surface area (Å²) >= 11 is 10.0. The first-order valence-electron chi connectivity index (χ1n) is 23.7. The van der Waals surface area contributed by atoms with Crippen LogP contribution in [0.5, 0.6) is 0 Å². The van der Waals surface area contributed by atoms with Crippen molar-refractivity contribution in [3.8, 4) is 0 Å². The molecule has 0 saturated carbocycles. The number of carbonyl (C=O) groups is 10. The molecule has 4 aliphatic rings. The van der Waals surface area contributed by atoms with Gasteiger partial charge in [0.15, 0.2) is 6.23 Å². The molecule has 75 heavy (non-hydrogen) atoms. The molecule has 0 aliphatic carbocycles. The molecule has 0 aromatic carbocycles. The predicted octanol–water partition coefficient (Wildman–Crippen LogP) is 8.18. The van der Waals surface area contributed by atoms with Gasteiger partial charge in [0, 0.05) is 31.8 Å². The Morgan fingerprint density at radius 3 is 1.17 bits per heavy atom. The van der Waals surface area contributed by atoms with Crippen LogP contribution in [0.2, 0.25) is 0 Å². The van der Waals surface area contributed by atoms with Crippen molar-refractivity contribution in [2.45, 2.75) is 220 Å². The maximum atomic E-state index is 12.2. The zero-order chi connectivity index (χ0) is 58.4. The van der Waals surface area contributed by atoms with Crippen LogP contribution in [-0.2, 0) is 80.9 Å². The molecule has 0 bridgehead atoms. The molecule has 4 rings (SSSR count). The number of methoxy groups -OCH3 is 3. The first-order valence-corrected chi connectivity index (χ1v) is 26.9. The fourth-order valence-corrected chi connectivity index (χ4v) is 7.42. The number of carboxylic acid groups (broad SMARTS) is 1. The number of thiol groups is 1. The molecule has 0 aromatic heterocycles. The molecule has 0 aromatic rings. The van der Waals surface area contributed by atoms with Crippen molar-refractivity contribution in [3.63, 3.8) is 0 Å². The number of rotatable bonds is 5. The van der Waals surface area contributed by atoms with E-state index < -0.39 is 107 Å². The molecular formula is C49H85BrCuN4O19S. The van der Waals surface area contributed by atoms with Crippen LogP contribution in [0.4, 0.5) is 19.2 Å². The van der Waals surface area contributed by atoms with E-state index in [-0.39, 0.29) is 38.3 Å². The van der Waals surface area contributed by atoms with E-state index in [4.69, 9.17) is 33.5 Å². The van der Waals surface area contributed by atoms with Gasteiger partial charge in [0.05, 0.1) is 21.3 Å². The Morgan fingerprint density at radius 1 is 0.520 bits per heavy atom. The van der Waals surface area contributed by atoms with Crippen molar-refractivity contribution in [1.29, 1.82) is 0 Å². The Balaban J connectivity index is -0.000000899. The summed E-state index contributed by atoms with van der Waals surface area (Å²) in [6, 6.07) is -2.97. The molecule has 7 atom stereocenters. The van der Waals surface area contributed by atoms with Crippen molar-refractivity contribution >= 4 is 86.9 Å². The SMILES string of the molecule is CC1CC[C@@H](C(=O)O)N1C(=O)OC(C)(C)C.COC(=O)[C@@H]1CCC(=O)N1C(=O)OC(C)(C)C.COC(=O)[C@@H]1CCC(C)N1C(=O)OC(C)(C)C.COC(=O)[C@@H]1CCC(OC(C)=O)N1C(=O)OC(C)(C)C.CS.[CH3-].[Cu+][Br]. The summed E-state index contributed by atoms with van der Waals surface area (Å²) in [6.45, 7) is 25.9. The van der Waals surface area contributed by atoms with Gasteiger partial charge in [-0.2, -0.15) is 12.6 Å². The van der Waals surface area contributed by atoms with E-state index in [1.165, 1.54) is 38.1 Å². The Hall–Kier alpha value is -4.55. The summed E-state index contributed by atoms with van der Waals surface area (Å²) in [4.78, 5) is 121. The number of ether oxygens (including phenoxy) is 8. The van der Waals surface area contributed by atoms with Gasteiger partial charge in [0.25, 0.3) is 0 Å². The van der Waals surface area contributed by atoms with Crippen LogP contribution >= 0.6 is 26.7 Å². The molecule has 4 fully saturated rings. The molecule has 4 aliphatic heterocycles. The van der Waals surface area contributed by atoms with Crippen LogP contribution in [0, 0.1) is 7.43 Å². The summed E-state index contributed by atoms with van der Waals surface area (Å²) in [5.41, 5.74) is -2.57. The first kappa shape index (κ1) is 74.7. The van der Waals surface area contributed by atoms with Crippen LogP contribution in [0.25, 0.3) is 0 Å². The molecule has 26 heteroatoms. The molecule has 5 amide bonds. The predicted molar refractivity (Wildman–Crippen MR) is 278 cm³/mol. The Labute approximate surface area is 464 Å². The van der Waals surface area contributed by atoms with Crippen molar-refractivity contribution in [1.82, 2.24) is 19.6 Å². The summed E-state index contributed by atoms with van der Waals surface area (Å²) in [7, 11) is 3.80. The first-order chi connectivity index (χ1) is 33.9. The van der Waals surface area contributed by atoms with Gasteiger partial charge in [-0.15, -0.1) is 0 Å². The molecule has 23 nitrogen and oxygen atoms in total. The molecule has 4 saturated heterocycles. The normalized spacial score (nSPS) is 21.8. The molecule has 0 spiro atoms. The fourth-order valence-electron chi connectivity index (χ4n) is 7.42. The zero-order valence-corrected chi connectivity index (χ0v) is 50.8. The molecule has 1 N–H and O–H groups in total. The van der Waals surface area contributed by atoms with Gasteiger partial charge < -0.3 is 50.4 Å². The van der Waals surface area contributed by atoms with E-state index in [9.17, 15) is 47.9 Å². The van der Waals surface area contributed by atoms with Gasteiger partial charge in [-0.05, 0) is 142 Å². The van der Waals surface area contributed by atoms with Crippen LogP contribution < -0.4 is 0 Å².